The number of hydrogen-bond acceptors (Lipinski definition) is 0. The van der Waals surface area contributed by atoms with E-state index in [1.807, 2.05) is 0 Å². The average molecular weight is 443 g/mol. The Hall–Kier alpha value is -0.780. The smallest absolute Gasteiger partial charge is 0.0213 e. The lowest BCUT2D eigenvalue weighted by Crippen LogP contribution is -2.46. The van der Waals surface area contributed by atoms with Crippen LogP contribution in [0.15, 0.2) is 0 Å². The molecule has 1 fully saturated rings. The molecule has 0 aliphatic heterocycles. The van der Waals surface area contributed by atoms with Crippen LogP contribution in [0.4, 0.5) is 0 Å². The van der Waals surface area contributed by atoms with Crippen LogP contribution >= 0.6 is 0 Å². The molecule has 1 aliphatic rings. The molecule has 4 atom stereocenters. The predicted molar refractivity (Wildman–Crippen MR) is 147 cm³/mol. The molecule has 2 rings (SSSR count). The fourth-order valence-electron chi connectivity index (χ4n) is 7.89. The van der Waals surface area contributed by atoms with E-state index in [9.17, 15) is 0 Å². The summed E-state index contributed by atoms with van der Waals surface area (Å²) >= 11 is 0. The molecule has 1 aromatic carbocycles. The molecule has 32 heavy (non-hydrogen) atoms. The van der Waals surface area contributed by atoms with Crippen LogP contribution in [0.5, 0.6) is 0 Å². The molecule has 1 saturated carbocycles. The number of benzene rings is 1. The van der Waals surface area contributed by atoms with Gasteiger partial charge in [0.05, 0.1) is 0 Å². The van der Waals surface area contributed by atoms with Gasteiger partial charge in [-0.05, 0) is 120 Å². The Kier molecular flexibility index (Phi) is 10.6. The van der Waals surface area contributed by atoms with Crippen LogP contribution < -0.4 is 0 Å². The minimum atomic E-state index is 0.624. The van der Waals surface area contributed by atoms with Crippen molar-refractivity contribution in [2.75, 3.05) is 0 Å². The summed E-state index contributed by atoms with van der Waals surface area (Å²) in [5.74, 6) is 8.30. The van der Waals surface area contributed by atoms with Crippen LogP contribution in [0.25, 0.3) is 0 Å². The standard InChI is InChI=1S/C16H32.C16H26/c2*1-9(2)15-11(5)13(7)16(10(3)4)14(8)12(15)6/h9-16H,1-8H3;9-10H,1-8H3. The molecule has 0 aromatic heterocycles. The molecule has 0 N–H and O–H groups in total. The van der Waals surface area contributed by atoms with E-state index < -0.39 is 0 Å². The first-order chi connectivity index (χ1) is 14.6. The minimum absolute atomic E-state index is 0.624. The van der Waals surface area contributed by atoms with Crippen LogP contribution in [0.2, 0.25) is 0 Å². The average Bonchev–Trinajstić information content (AvgIpc) is 2.65. The molecule has 0 spiro atoms. The first-order valence-corrected chi connectivity index (χ1v) is 13.7. The van der Waals surface area contributed by atoms with E-state index in [0.29, 0.717) is 11.8 Å². The molecule has 4 unspecified atom stereocenters. The summed E-state index contributed by atoms with van der Waals surface area (Å²) in [5, 5.41) is 0. The van der Waals surface area contributed by atoms with Gasteiger partial charge in [-0.1, -0.05) is 83.1 Å². The first-order valence-electron chi connectivity index (χ1n) is 13.7. The predicted octanol–water partition coefficient (Wildman–Crippen LogP) is 10.3. The summed E-state index contributed by atoms with van der Waals surface area (Å²) in [7, 11) is 0. The zero-order valence-corrected chi connectivity index (χ0v) is 24.8. The lowest BCUT2D eigenvalue weighted by molar-refractivity contribution is -0.0305. The van der Waals surface area contributed by atoms with Crippen LogP contribution in [0.3, 0.4) is 0 Å². The lowest BCUT2D eigenvalue weighted by atomic mass is 9.54. The Labute approximate surface area is 203 Å². The Morgan fingerprint density at radius 1 is 0.406 bits per heavy atom. The normalized spacial score (nSPS) is 28.5. The summed E-state index contributed by atoms with van der Waals surface area (Å²) in [4.78, 5) is 0. The molecule has 1 aliphatic carbocycles. The number of rotatable bonds is 4. The third-order valence-corrected chi connectivity index (χ3v) is 9.52. The van der Waals surface area contributed by atoms with Gasteiger partial charge in [-0.15, -0.1) is 0 Å². The van der Waals surface area contributed by atoms with Gasteiger partial charge in [0.15, 0.2) is 0 Å². The fraction of sp³-hybridized carbons (Fsp3) is 0.812. The van der Waals surface area contributed by atoms with Gasteiger partial charge in [-0.2, -0.15) is 0 Å². The second kappa shape index (κ2) is 11.6. The highest BCUT2D eigenvalue weighted by Gasteiger charge is 2.44. The quantitative estimate of drug-likeness (QED) is 0.435. The molecule has 0 heteroatoms. The maximum Gasteiger partial charge on any atom is -0.0213 e. The molecule has 0 bridgehead atoms. The molecular formula is C32H58. The minimum Gasteiger partial charge on any atom is -0.0625 e. The highest BCUT2D eigenvalue weighted by atomic mass is 14.5. The van der Waals surface area contributed by atoms with E-state index in [2.05, 4.69) is 111 Å². The topological polar surface area (TPSA) is 0 Å². The Balaban J connectivity index is 0.000000320. The highest BCUT2D eigenvalue weighted by Crippen LogP contribution is 2.50. The van der Waals surface area contributed by atoms with Gasteiger partial charge in [-0.3, -0.25) is 0 Å². The lowest BCUT2D eigenvalue weighted by Gasteiger charge is -2.51. The Bertz CT molecular complexity index is 625. The van der Waals surface area contributed by atoms with Crippen LogP contribution in [-0.2, 0) is 0 Å². The van der Waals surface area contributed by atoms with Crippen molar-refractivity contribution in [3.05, 3.63) is 33.4 Å². The molecule has 186 valence electrons. The van der Waals surface area contributed by atoms with E-state index in [4.69, 9.17) is 0 Å². The summed E-state index contributed by atoms with van der Waals surface area (Å²) in [5.41, 5.74) is 9.12. The van der Waals surface area contributed by atoms with Crippen LogP contribution in [0, 0.1) is 75.0 Å². The van der Waals surface area contributed by atoms with Crippen molar-refractivity contribution in [1.29, 1.82) is 0 Å². The van der Waals surface area contributed by atoms with E-state index in [-0.39, 0.29) is 0 Å². The molecular weight excluding hydrogens is 384 g/mol. The summed E-state index contributed by atoms with van der Waals surface area (Å²) in [6.07, 6.45) is 0. The Morgan fingerprint density at radius 2 is 0.594 bits per heavy atom. The molecule has 1 aromatic rings. The molecule has 0 nitrogen and oxygen atoms in total. The van der Waals surface area contributed by atoms with E-state index >= 15 is 0 Å². The summed E-state index contributed by atoms with van der Waals surface area (Å²) < 4.78 is 0. The van der Waals surface area contributed by atoms with Crippen molar-refractivity contribution >= 4 is 0 Å². The van der Waals surface area contributed by atoms with Gasteiger partial charge in [0, 0.05) is 0 Å². The largest absolute Gasteiger partial charge is 0.0625 e. The third-order valence-electron chi connectivity index (χ3n) is 9.52. The van der Waals surface area contributed by atoms with Crippen molar-refractivity contribution in [3.8, 4) is 0 Å². The van der Waals surface area contributed by atoms with Crippen molar-refractivity contribution in [1.82, 2.24) is 0 Å². The van der Waals surface area contributed by atoms with Crippen LogP contribution in [0.1, 0.15) is 128 Å². The zero-order valence-electron chi connectivity index (χ0n) is 24.8. The first kappa shape index (κ1) is 29.3. The van der Waals surface area contributed by atoms with Crippen molar-refractivity contribution < 1.29 is 0 Å². The van der Waals surface area contributed by atoms with Crippen molar-refractivity contribution in [3.63, 3.8) is 0 Å². The Morgan fingerprint density at radius 3 is 0.719 bits per heavy atom. The van der Waals surface area contributed by atoms with Gasteiger partial charge in [0.2, 0.25) is 0 Å². The van der Waals surface area contributed by atoms with Gasteiger partial charge in [0.25, 0.3) is 0 Å². The molecule has 0 heterocycles. The van der Waals surface area contributed by atoms with E-state index in [1.165, 1.54) is 22.3 Å². The van der Waals surface area contributed by atoms with E-state index in [1.54, 1.807) is 11.1 Å². The van der Waals surface area contributed by atoms with Gasteiger partial charge < -0.3 is 0 Å². The summed E-state index contributed by atoms with van der Waals surface area (Å²) in [6, 6.07) is 0. The van der Waals surface area contributed by atoms with Crippen molar-refractivity contribution in [2.24, 2.45) is 47.3 Å². The van der Waals surface area contributed by atoms with E-state index in [0.717, 1.165) is 47.3 Å². The SMILES string of the molecule is CC(C)C1C(C)C(C)C(C(C)C)C(C)C1C.Cc1c(C)c(C(C)C)c(C)c(C)c1C(C)C. The molecule has 0 saturated heterocycles. The van der Waals surface area contributed by atoms with Crippen molar-refractivity contribution in [2.45, 2.75) is 123 Å². The highest BCUT2D eigenvalue weighted by molar-refractivity contribution is 5.52. The third kappa shape index (κ3) is 5.82. The zero-order chi connectivity index (χ0) is 25.2. The molecule has 0 amide bonds. The number of hydrogen-bond donors (Lipinski definition) is 0. The van der Waals surface area contributed by atoms with Gasteiger partial charge >= 0.3 is 0 Å². The maximum atomic E-state index is 2.49. The monoisotopic (exact) mass is 442 g/mol. The van der Waals surface area contributed by atoms with Crippen LogP contribution in [-0.4, -0.2) is 0 Å². The van der Waals surface area contributed by atoms with Gasteiger partial charge in [-0.25, -0.2) is 0 Å². The summed E-state index contributed by atoms with van der Waals surface area (Å²) in [6.45, 7) is 37.9. The maximum absolute atomic E-state index is 2.49. The van der Waals surface area contributed by atoms with Gasteiger partial charge in [0.1, 0.15) is 0 Å². The second-order valence-corrected chi connectivity index (χ2v) is 12.7. The molecule has 0 radical (unpaired) electrons. The fourth-order valence-corrected chi connectivity index (χ4v) is 7.89. The second-order valence-electron chi connectivity index (χ2n) is 12.7.